The Morgan fingerprint density at radius 1 is 1.56 bits per heavy atom. The first-order valence-electron chi connectivity index (χ1n) is 3.74. The molecule has 1 spiro atoms. The fourth-order valence-electron chi connectivity index (χ4n) is 1.59. The average molecular weight is 143 g/mol. The van der Waals surface area contributed by atoms with Crippen molar-refractivity contribution in [2.75, 3.05) is 6.54 Å². The molecule has 1 saturated heterocycles. The van der Waals surface area contributed by atoms with E-state index < -0.39 is 0 Å². The van der Waals surface area contributed by atoms with E-state index in [1.165, 1.54) is 25.8 Å². The van der Waals surface area contributed by atoms with Gasteiger partial charge >= 0.3 is 0 Å². The zero-order chi connectivity index (χ0) is 6.32. The maximum absolute atomic E-state index is 3.58. The summed E-state index contributed by atoms with van der Waals surface area (Å²) in [5.74, 6) is 0. The van der Waals surface area contributed by atoms with Gasteiger partial charge in [0.2, 0.25) is 0 Å². The van der Waals surface area contributed by atoms with Gasteiger partial charge in [0, 0.05) is 11.8 Å². The van der Waals surface area contributed by atoms with E-state index in [4.69, 9.17) is 0 Å². The lowest BCUT2D eigenvalue weighted by Gasteiger charge is -2.37. The lowest BCUT2D eigenvalue weighted by atomic mass is 9.92. The van der Waals surface area contributed by atoms with E-state index in [-0.39, 0.29) is 0 Å². The Balaban J connectivity index is 1.99. The summed E-state index contributed by atoms with van der Waals surface area (Å²) < 4.78 is 0. The Bertz CT molecular complexity index is 120. The van der Waals surface area contributed by atoms with E-state index in [0.29, 0.717) is 4.87 Å². The number of hydrogen-bond acceptors (Lipinski definition) is 2. The van der Waals surface area contributed by atoms with E-state index >= 15 is 0 Å². The van der Waals surface area contributed by atoms with E-state index in [2.05, 4.69) is 24.0 Å². The first-order valence-corrected chi connectivity index (χ1v) is 4.62. The van der Waals surface area contributed by atoms with Gasteiger partial charge in [0.15, 0.2) is 0 Å². The predicted molar refractivity (Wildman–Crippen MR) is 41.6 cm³/mol. The third kappa shape index (κ3) is 0.887. The van der Waals surface area contributed by atoms with Gasteiger partial charge < -0.3 is 5.32 Å². The Morgan fingerprint density at radius 2 is 2.33 bits per heavy atom. The van der Waals surface area contributed by atoms with Crippen LogP contribution >= 0.6 is 11.8 Å². The molecule has 2 heteroatoms. The van der Waals surface area contributed by atoms with Crippen LogP contribution in [0.1, 0.15) is 26.2 Å². The van der Waals surface area contributed by atoms with Gasteiger partial charge in [0.1, 0.15) is 0 Å². The van der Waals surface area contributed by atoms with Gasteiger partial charge in [-0.25, -0.2) is 0 Å². The Kier molecular flexibility index (Phi) is 1.27. The van der Waals surface area contributed by atoms with Crippen LogP contribution < -0.4 is 5.32 Å². The molecule has 1 aliphatic heterocycles. The zero-order valence-corrected chi connectivity index (χ0v) is 6.63. The third-order valence-corrected chi connectivity index (χ3v) is 3.87. The summed E-state index contributed by atoms with van der Waals surface area (Å²) in [5.41, 5.74) is 0. The van der Waals surface area contributed by atoms with Crippen LogP contribution in [0.15, 0.2) is 0 Å². The molecular weight excluding hydrogens is 130 g/mol. The quantitative estimate of drug-likeness (QED) is 0.552. The summed E-state index contributed by atoms with van der Waals surface area (Å²) in [7, 11) is 0. The highest BCUT2D eigenvalue weighted by Gasteiger charge is 2.42. The molecule has 1 saturated carbocycles. The smallest absolute Gasteiger partial charge is 0.0648 e. The van der Waals surface area contributed by atoms with Crippen LogP contribution in [0.25, 0.3) is 0 Å². The van der Waals surface area contributed by atoms with Crippen LogP contribution in [-0.2, 0) is 0 Å². The zero-order valence-electron chi connectivity index (χ0n) is 5.81. The summed E-state index contributed by atoms with van der Waals surface area (Å²) >= 11 is 2.14. The topological polar surface area (TPSA) is 12.0 Å². The second-order valence-electron chi connectivity index (χ2n) is 3.16. The summed E-state index contributed by atoms with van der Waals surface area (Å²) in [6, 6.07) is 0. The van der Waals surface area contributed by atoms with Crippen molar-refractivity contribution in [1.29, 1.82) is 0 Å². The number of thioether (sulfide) groups is 1. The molecule has 1 unspecified atom stereocenters. The van der Waals surface area contributed by atoms with Crippen LogP contribution in [0, 0.1) is 0 Å². The first-order chi connectivity index (χ1) is 4.31. The largest absolute Gasteiger partial charge is 0.302 e. The Hall–Kier alpha value is 0.310. The highest BCUT2D eigenvalue weighted by Crippen LogP contribution is 2.46. The second kappa shape index (κ2) is 1.89. The van der Waals surface area contributed by atoms with Crippen molar-refractivity contribution in [3.8, 4) is 0 Å². The summed E-state index contributed by atoms with van der Waals surface area (Å²) in [5, 5.41) is 4.43. The van der Waals surface area contributed by atoms with Crippen molar-refractivity contribution in [2.45, 2.75) is 36.3 Å². The fourth-order valence-corrected chi connectivity index (χ4v) is 3.22. The van der Waals surface area contributed by atoms with Gasteiger partial charge in [-0.05, 0) is 19.3 Å². The maximum Gasteiger partial charge on any atom is 0.0648 e. The van der Waals surface area contributed by atoms with E-state index in [9.17, 15) is 0 Å². The maximum atomic E-state index is 3.58. The molecule has 0 aromatic heterocycles. The molecule has 52 valence electrons. The van der Waals surface area contributed by atoms with Crippen LogP contribution in [0.5, 0.6) is 0 Å². The molecular formula is C7H13NS. The molecule has 1 atom stereocenters. The minimum atomic E-state index is 0.555. The van der Waals surface area contributed by atoms with Gasteiger partial charge in [0.25, 0.3) is 0 Å². The minimum Gasteiger partial charge on any atom is -0.302 e. The van der Waals surface area contributed by atoms with Gasteiger partial charge in [-0.2, -0.15) is 0 Å². The molecule has 2 fully saturated rings. The molecule has 2 rings (SSSR count). The molecule has 1 heterocycles. The van der Waals surface area contributed by atoms with Crippen LogP contribution in [0.4, 0.5) is 0 Å². The summed E-state index contributed by atoms with van der Waals surface area (Å²) in [6.07, 6.45) is 4.25. The van der Waals surface area contributed by atoms with Crippen LogP contribution in [-0.4, -0.2) is 16.7 Å². The number of nitrogens with one attached hydrogen (secondary N) is 1. The highest BCUT2D eigenvalue weighted by molar-refractivity contribution is 8.01. The number of rotatable bonds is 0. The molecule has 1 N–H and O–H groups in total. The normalized spacial score (nSPS) is 39.0. The molecule has 0 amide bonds. The van der Waals surface area contributed by atoms with Gasteiger partial charge in [-0.3, -0.25) is 0 Å². The van der Waals surface area contributed by atoms with E-state index in [0.717, 1.165) is 5.25 Å². The average Bonchev–Trinajstić information content (AvgIpc) is 2.09. The van der Waals surface area contributed by atoms with Crippen molar-refractivity contribution in [3.05, 3.63) is 0 Å². The van der Waals surface area contributed by atoms with Crippen molar-refractivity contribution < 1.29 is 0 Å². The van der Waals surface area contributed by atoms with Crippen LogP contribution in [0.2, 0.25) is 0 Å². The van der Waals surface area contributed by atoms with Crippen molar-refractivity contribution >= 4 is 11.8 Å². The van der Waals surface area contributed by atoms with Crippen LogP contribution in [0.3, 0.4) is 0 Å². The fraction of sp³-hybridized carbons (Fsp3) is 1.00. The van der Waals surface area contributed by atoms with Gasteiger partial charge in [0.05, 0.1) is 4.87 Å². The standard InChI is InChI=1S/C7H13NS/c1-6-5-8-7(9-6)3-2-4-7/h6,8H,2-5H2,1H3. The van der Waals surface area contributed by atoms with E-state index in [1.807, 2.05) is 0 Å². The molecule has 0 radical (unpaired) electrons. The molecule has 0 aromatic carbocycles. The van der Waals surface area contributed by atoms with Crippen molar-refractivity contribution in [2.24, 2.45) is 0 Å². The molecule has 1 nitrogen and oxygen atoms in total. The van der Waals surface area contributed by atoms with Gasteiger partial charge in [-0.15, -0.1) is 11.8 Å². The van der Waals surface area contributed by atoms with Gasteiger partial charge in [-0.1, -0.05) is 6.92 Å². The summed E-state index contributed by atoms with van der Waals surface area (Å²) in [4.78, 5) is 0.555. The SMILES string of the molecule is CC1CNC2(CCC2)S1. The lowest BCUT2D eigenvalue weighted by Crippen LogP contribution is -2.43. The monoisotopic (exact) mass is 143 g/mol. The summed E-state index contributed by atoms with van der Waals surface area (Å²) in [6.45, 7) is 3.54. The van der Waals surface area contributed by atoms with E-state index in [1.54, 1.807) is 0 Å². The molecule has 9 heavy (non-hydrogen) atoms. The van der Waals surface area contributed by atoms with Crippen molar-refractivity contribution in [3.63, 3.8) is 0 Å². The number of hydrogen-bond donors (Lipinski definition) is 1. The Labute approximate surface area is 60.6 Å². The molecule has 0 bridgehead atoms. The lowest BCUT2D eigenvalue weighted by molar-refractivity contribution is 0.317. The second-order valence-corrected chi connectivity index (χ2v) is 4.98. The molecule has 0 aromatic rings. The third-order valence-electron chi connectivity index (χ3n) is 2.30. The predicted octanol–water partition coefficient (Wildman–Crippen LogP) is 1.59. The minimum absolute atomic E-state index is 0.555. The molecule has 1 aliphatic carbocycles. The highest BCUT2D eigenvalue weighted by atomic mass is 32.2. The first kappa shape index (κ1) is 6.05. The molecule has 2 aliphatic rings. The Morgan fingerprint density at radius 3 is 2.56 bits per heavy atom. The van der Waals surface area contributed by atoms with Crippen molar-refractivity contribution in [1.82, 2.24) is 5.32 Å².